The van der Waals surface area contributed by atoms with Crippen LogP contribution in [0.3, 0.4) is 0 Å². The minimum atomic E-state index is -0.199. The molecule has 1 saturated heterocycles. The Morgan fingerprint density at radius 3 is 2.85 bits per heavy atom. The van der Waals surface area contributed by atoms with E-state index in [-0.39, 0.29) is 12.8 Å². The van der Waals surface area contributed by atoms with Gasteiger partial charge in [0.25, 0.3) is 0 Å². The number of benzene rings is 1. The number of hydrogen-bond donors (Lipinski definition) is 2. The van der Waals surface area contributed by atoms with Gasteiger partial charge >= 0.3 is 6.03 Å². The second-order valence-electron chi connectivity index (χ2n) is 4.96. The van der Waals surface area contributed by atoms with Gasteiger partial charge < -0.3 is 24.8 Å². The van der Waals surface area contributed by atoms with Crippen molar-refractivity contribution in [2.24, 2.45) is 5.92 Å². The molecule has 0 radical (unpaired) electrons. The van der Waals surface area contributed by atoms with Crippen LogP contribution < -0.4 is 20.1 Å². The largest absolute Gasteiger partial charge is 0.454 e. The number of ether oxygens (including phenoxy) is 3. The maximum absolute atomic E-state index is 11.8. The van der Waals surface area contributed by atoms with Gasteiger partial charge in [-0.15, -0.1) is 0 Å². The fourth-order valence-corrected chi connectivity index (χ4v) is 2.34. The van der Waals surface area contributed by atoms with Crippen molar-refractivity contribution in [3.8, 4) is 11.5 Å². The first-order valence-electron chi connectivity index (χ1n) is 6.83. The second kappa shape index (κ2) is 6.00. The van der Waals surface area contributed by atoms with Gasteiger partial charge in [-0.05, 0) is 30.9 Å². The molecule has 3 rings (SSSR count). The molecule has 2 amide bonds. The summed E-state index contributed by atoms with van der Waals surface area (Å²) in [4.78, 5) is 11.8. The van der Waals surface area contributed by atoms with Crippen molar-refractivity contribution in [3.63, 3.8) is 0 Å². The Hall–Kier alpha value is -1.95. The van der Waals surface area contributed by atoms with Crippen LogP contribution in [-0.4, -0.2) is 32.6 Å². The van der Waals surface area contributed by atoms with Crippen molar-refractivity contribution in [2.45, 2.75) is 12.8 Å². The van der Waals surface area contributed by atoms with Crippen molar-refractivity contribution in [2.75, 3.05) is 31.9 Å². The summed E-state index contributed by atoms with van der Waals surface area (Å²) in [5.41, 5.74) is 0.693. The molecule has 2 heterocycles. The fraction of sp³-hybridized carbons (Fsp3) is 0.500. The smallest absolute Gasteiger partial charge is 0.319 e. The van der Waals surface area contributed by atoms with Crippen LogP contribution in [0.1, 0.15) is 12.8 Å². The number of nitrogens with one attached hydrogen (secondary N) is 2. The van der Waals surface area contributed by atoms with Crippen molar-refractivity contribution < 1.29 is 19.0 Å². The number of amides is 2. The molecule has 1 aromatic carbocycles. The average Bonchev–Trinajstić information content (AvgIpc) is 2.94. The standard InChI is InChI=1S/C14H18N2O4/c17-14(15-8-10-3-5-18-6-4-10)16-11-1-2-12-13(7-11)20-9-19-12/h1-2,7,10H,3-6,8-9H2,(H2,15,16,17). The molecule has 2 aliphatic rings. The summed E-state index contributed by atoms with van der Waals surface area (Å²) in [6, 6.07) is 5.14. The van der Waals surface area contributed by atoms with E-state index in [4.69, 9.17) is 14.2 Å². The van der Waals surface area contributed by atoms with Crippen LogP contribution in [0.15, 0.2) is 18.2 Å². The summed E-state index contributed by atoms with van der Waals surface area (Å²) < 4.78 is 15.8. The van der Waals surface area contributed by atoms with Gasteiger partial charge in [0.1, 0.15) is 0 Å². The van der Waals surface area contributed by atoms with Gasteiger partial charge in [0.05, 0.1) is 0 Å². The maximum Gasteiger partial charge on any atom is 0.319 e. The topological polar surface area (TPSA) is 68.8 Å². The minimum Gasteiger partial charge on any atom is -0.454 e. The summed E-state index contributed by atoms with van der Waals surface area (Å²) in [5.74, 6) is 1.87. The van der Waals surface area contributed by atoms with Crippen molar-refractivity contribution in [3.05, 3.63) is 18.2 Å². The minimum absolute atomic E-state index is 0.199. The van der Waals surface area contributed by atoms with E-state index in [2.05, 4.69) is 10.6 Å². The highest BCUT2D eigenvalue weighted by Crippen LogP contribution is 2.34. The predicted molar refractivity (Wildman–Crippen MR) is 73.1 cm³/mol. The lowest BCUT2D eigenvalue weighted by Crippen LogP contribution is -2.35. The number of carbonyl (C=O) groups excluding carboxylic acids is 1. The summed E-state index contributed by atoms with van der Waals surface area (Å²) >= 11 is 0. The Bertz CT molecular complexity index is 486. The monoisotopic (exact) mass is 278 g/mol. The van der Waals surface area contributed by atoms with E-state index in [0.717, 1.165) is 26.1 Å². The Morgan fingerprint density at radius 2 is 2.00 bits per heavy atom. The molecular formula is C14H18N2O4. The van der Waals surface area contributed by atoms with Gasteiger partial charge in [0.15, 0.2) is 11.5 Å². The molecule has 2 N–H and O–H groups in total. The molecule has 0 aromatic heterocycles. The Balaban J connectivity index is 1.48. The number of hydrogen-bond acceptors (Lipinski definition) is 4. The normalized spacial score (nSPS) is 17.8. The predicted octanol–water partition coefficient (Wildman–Crippen LogP) is 1.96. The van der Waals surface area contributed by atoms with Crippen LogP contribution in [0.4, 0.5) is 10.5 Å². The van der Waals surface area contributed by atoms with E-state index in [0.29, 0.717) is 29.6 Å². The number of urea groups is 1. The zero-order chi connectivity index (χ0) is 13.8. The molecule has 0 atom stereocenters. The Morgan fingerprint density at radius 1 is 1.20 bits per heavy atom. The van der Waals surface area contributed by atoms with Gasteiger partial charge in [-0.3, -0.25) is 0 Å². The molecule has 6 heteroatoms. The van der Waals surface area contributed by atoms with E-state index < -0.39 is 0 Å². The molecule has 0 saturated carbocycles. The third-order valence-corrected chi connectivity index (χ3v) is 3.52. The van der Waals surface area contributed by atoms with Gasteiger partial charge in [0, 0.05) is 31.5 Å². The third kappa shape index (κ3) is 3.14. The average molecular weight is 278 g/mol. The fourth-order valence-electron chi connectivity index (χ4n) is 2.34. The first kappa shape index (κ1) is 13.1. The highest BCUT2D eigenvalue weighted by atomic mass is 16.7. The van der Waals surface area contributed by atoms with E-state index in [9.17, 15) is 4.79 Å². The highest BCUT2D eigenvalue weighted by Gasteiger charge is 2.16. The van der Waals surface area contributed by atoms with Crippen LogP contribution >= 0.6 is 0 Å². The molecule has 20 heavy (non-hydrogen) atoms. The third-order valence-electron chi connectivity index (χ3n) is 3.52. The molecule has 0 unspecified atom stereocenters. The van der Waals surface area contributed by atoms with Crippen molar-refractivity contribution in [1.82, 2.24) is 5.32 Å². The van der Waals surface area contributed by atoms with Crippen LogP contribution in [0, 0.1) is 5.92 Å². The lowest BCUT2D eigenvalue weighted by atomic mass is 10.0. The molecule has 6 nitrogen and oxygen atoms in total. The lowest BCUT2D eigenvalue weighted by Gasteiger charge is -2.22. The first-order chi connectivity index (χ1) is 9.81. The molecule has 0 aliphatic carbocycles. The van der Waals surface area contributed by atoms with Gasteiger partial charge in [-0.1, -0.05) is 0 Å². The highest BCUT2D eigenvalue weighted by molar-refractivity contribution is 5.89. The van der Waals surface area contributed by atoms with Crippen molar-refractivity contribution in [1.29, 1.82) is 0 Å². The summed E-state index contributed by atoms with van der Waals surface area (Å²) in [5, 5.41) is 5.69. The van der Waals surface area contributed by atoms with Crippen LogP contribution in [0.25, 0.3) is 0 Å². The number of carbonyl (C=O) groups is 1. The van der Waals surface area contributed by atoms with Crippen LogP contribution in [0.2, 0.25) is 0 Å². The maximum atomic E-state index is 11.8. The SMILES string of the molecule is O=C(NCC1CCOCC1)Nc1ccc2c(c1)OCO2. The zero-order valence-electron chi connectivity index (χ0n) is 11.2. The number of fused-ring (bicyclic) bond motifs is 1. The molecule has 1 fully saturated rings. The summed E-state index contributed by atoms with van der Waals surface area (Å²) in [6.07, 6.45) is 2.01. The summed E-state index contributed by atoms with van der Waals surface area (Å²) in [6.45, 7) is 2.49. The zero-order valence-corrected chi connectivity index (χ0v) is 11.2. The molecular weight excluding hydrogens is 260 g/mol. The van der Waals surface area contributed by atoms with Crippen molar-refractivity contribution >= 4 is 11.7 Å². The molecule has 0 spiro atoms. The van der Waals surface area contributed by atoms with E-state index >= 15 is 0 Å². The molecule has 108 valence electrons. The van der Waals surface area contributed by atoms with Gasteiger partial charge in [-0.25, -0.2) is 4.79 Å². The second-order valence-corrected chi connectivity index (χ2v) is 4.96. The number of anilines is 1. The van der Waals surface area contributed by atoms with E-state index in [1.165, 1.54) is 0 Å². The van der Waals surface area contributed by atoms with Gasteiger partial charge in [0.2, 0.25) is 6.79 Å². The van der Waals surface area contributed by atoms with Crippen LogP contribution in [-0.2, 0) is 4.74 Å². The van der Waals surface area contributed by atoms with E-state index in [1.54, 1.807) is 18.2 Å². The summed E-state index contributed by atoms with van der Waals surface area (Å²) in [7, 11) is 0. The van der Waals surface area contributed by atoms with E-state index in [1.807, 2.05) is 0 Å². The quantitative estimate of drug-likeness (QED) is 0.887. The van der Waals surface area contributed by atoms with Crippen LogP contribution in [0.5, 0.6) is 11.5 Å². The Labute approximate surface area is 117 Å². The molecule has 2 aliphatic heterocycles. The first-order valence-corrected chi connectivity index (χ1v) is 6.83. The Kier molecular flexibility index (Phi) is 3.92. The number of rotatable bonds is 3. The van der Waals surface area contributed by atoms with Gasteiger partial charge in [-0.2, -0.15) is 0 Å². The molecule has 1 aromatic rings. The lowest BCUT2D eigenvalue weighted by molar-refractivity contribution is 0.0671. The molecule has 0 bridgehead atoms.